The van der Waals surface area contributed by atoms with Gasteiger partial charge in [0.2, 0.25) is 5.91 Å². The van der Waals surface area contributed by atoms with Crippen LogP contribution in [0.25, 0.3) is 0 Å². The van der Waals surface area contributed by atoms with Crippen LogP contribution in [0.3, 0.4) is 0 Å². The van der Waals surface area contributed by atoms with E-state index in [1.807, 2.05) is 13.0 Å². The first-order valence-electron chi connectivity index (χ1n) is 12.1. The molecular formula is C26H27F4N3O3. The van der Waals surface area contributed by atoms with Gasteiger partial charge in [0.05, 0.1) is 24.8 Å². The standard InChI is InChI=1S/C26H27F4N3O3/c1-14-8-22(33(11-14)25(35)21-9-16(6-7-31-21)15-2-3-15)24(34)32-23(17-12-36-13-17)19-5-4-18(10-20(19)27)26(28,29)30/h4-7,9-10,14-15,17,22-23H,2-3,8,11-13H2,1H3,(H,32,34)/t14-,22-,23-/m1/s1. The van der Waals surface area contributed by atoms with Crippen LogP contribution in [0.4, 0.5) is 17.6 Å². The average molecular weight is 506 g/mol. The number of nitrogens with zero attached hydrogens (tertiary/aromatic N) is 2. The van der Waals surface area contributed by atoms with E-state index in [1.54, 1.807) is 12.3 Å². The number of benzene rings is 1. The second-order valence-electron chi connectivity index (χ2n) is 10.1. The highest BCUT2D eigenvalue weighted by molar-refractivity contribution is 5.96. The van der Waals surface area contributed by atoms with Crippen LogP contribution in [0.2, 0.25) is 0 Å². The van der Waals surface area contributed by atoms with Crippen molar-refractivity contribution in [1.29, 1.82) is 0 Å². The van der Waals surface area contributed by atoms with Crippen LogP contribution in [-0.4, -0.2) is 47.5 Å². The van der Waals surface area contributed by atoms with E-state index in [4.69, 9.17) is 4.74 Å². The highest BCUT2D eigenvalue weighted by Gasteiger charge is 2.42. The number of aromatic nitrogens is 1. The first-order valence-corrected chi connectivity index (χ1v) is 12.1. The fourth-order valence-electron chi connectivity index (χ4n) is 5.00. The summed E-state index contributed by atoms with van der Waals surface area (Å²) in [5.74, 6) is -1.64. The Morgan fingerprint density at radius 1 is 1.17 bits per heavy atom. The molecule has 192 valence electrons. The third kappa shape index (κ3) is 4.96. The highest BCUT2D eigenvalue weighted by atomic mass is 19.4. The molecule has 0 bridgehead atoms. The van der Waals surface area contributed by atoms with Crippen molar-refractivity contribution in [2.45, 2.75) is 50.4 Å². The van der Waals surface area contributed by atoms with E-state index in [0.29, 0.717) is 24.9 Å². The third-order valence-corrected chi connectivity index (χ3v) is 7.22. The van der Waals surface area contributed by atoms with Gasteiger partial charge in [-0.3, -0.25) is 14.6 Å². The van der Waals surface area contributed by atoms with Gasteiger partial charge in [0.15, 0.2) is 0 Å². The van der Waals surface area contributed by atoms with E-state index in [-0.39, 0.29) is 42.2 Å². The lowest BCUT2D eigenvalue weighted by molar-refractivity contribution is -0.138. The molecule has 2 aliphatic heterocycles. The summed E-state index contributed by atoms with van der Waals surface area (Å²) in [6, 6.07) is 4.33. The van der Waals surface area contributed by atoms with Crippen molar-refractivity contribution in [2.24, 2.45) is 11.8 Å². The Labute approximate surface area is 206 Å². The van der Waals surface area contributed by atoms with Crippen LogP contribution in [-0.2, 0) is 15.7 Å². The zero-order valence-electron chi connectivity index (χ0n) is 19.7. The second kappa shape index (κ2) is 9.46. The van der Waals surface area contributed by atoms with E-state index in [9.17, 15) is 27.2 Å². The molecule has 0 unspecified atom stereocenters. The van der Waals surface area contributed by atoms with Gasteiger partial charge in [-0.05, 0) is 60.9 Å². The van der Waals surface area contributed by atoms with Crippen LogP contribution in [0.15, 0.2) is 36.5 Å². The van der Waals surface area contributed by atoms with E-state index < -0.39 is 35.5 Å². The predicted molar refractivity (Wildman–Crippen MR) is 121 cm³/mol. The van der Waals surface area contributed by atoms with Crippen molar-refractivity contribution in [2.75, 3.05) is 19.8 Å². The SMILES string of the molecule is C[C@@H]1C[C@H](C(=O)N[C@@H](c2ccc(C(F)(F)F)cc2F)C2COC2)N(C(=O)c2cc(C3CC3)ccn2)C1. The number of carbonyl (C=O) groups is 2. The number of nitrogens with one attached hydrogen (secondary N) is 1. The first-order chi connectivity index (χ1) is 17.1. The summed E-state index contributed by atoms with van der Waals surface area (Å²) in [7, 11) is 0. The number of halogens is 4. The lowest BCUT2D eigenvalue weighted by Crippen LogP contribution is -2.50. The van der Waals surface area contributed by atoms with Crippen molar-refractivity contribution < 1.29 is 31.9 Å². The number of ether oxygens (including phenoxy) is 1. The molecule has 1 saturated carbocycles. The van der Waals surface area contributed by atoms with E-state index in [1.165, 1.54) is 4.90 Å². The smallest absolute Gasteiger partial charge is 0.381 e. The fraction of sp³-hybridized carbons (Fsp3) is 0.500. The van der Waals surface area contributed by atoms with Gasteiger partial charge in [-0.15, -0.1) is 0 Å². The van der Waals surface area contributed by atoms with Gasteiger partial charge in [0, 0.05) is 24.2 Å². The monoisotopic (exact) mass is 505 g/mol. The largest absolute Gasteiger partial charge is 0.416 e. The molecule has 2 saturated heterocycles. The van der Waals surface area contributed by atoms with E-state index in [0.717, 1.165) is 30.5 Å². The van der Waals surface area contributed by atoms with Gasteiger partial charge < -0.3 is 15.0 Å². The third-order valence-electron chi connectivity index (χ3n) is 7.22. The molecule has 6 nitrogen and oxygen atoms in total. The number of alkyl halides is 3. The minimum absolute atomic E-state index is 0.0348. The molecule has 5 rings (SSSR count). The predicted octanol–water partition coefficient (Wildman–Crippen LogP) is 4.47. The Kier molecular flexibility index (Phi) is 6.48. The van der Waals surface area contributed by atoms with E-state index in [2.05, 4.69) is 10.3 Å². The summed E-state index contributed by atoms with van der Waals surface area (Å²) in [5.41, 5.74) is 0.210. The zero-order valence-corrected chi connectivity index (χ0v) is 19.7. The molecule has 1 aliphatic carbocycles. The van der Waals surface area contributed by atoms with Crippen LogP contribution in [0.5, 0.6) is 0 Å². The maximum Gasteiger partial charge on any atom is 0.416 e. The Balaban J connectivity index is 1.37. The zero-order chi connectivity index (χ0) is 25.6. The molecule has 2 aromatic rings. The number of rotatable bonds is 6. The summed E-state index contributed by atoms with van der Waals surface area (Å²) in [5, 5.41) is 2.82. The molecule has 3 fully saturated rings. The Hall–Kier alpha value is -3.01. The van der Waals surface area contributed by atoms with Crippen molar-refractivity contribution in [3.8, 4) is 0 Å². The summed E-state index contributed by atoms with van der Waals surface area (Å²) >= 11 is 0. The number of amides is 2. The molecule has 1 aromatic carbocycles. The molecule has 1 aromatic heterocycles. The summed E-state index contributed by atoms with van der Waals surface area (Å²) < 4.78 is 59.1. The quantitative estimate of drug-likeness (QED) is 0.588. The minimum atomic E-state index is -4.68. The molecule has 0 spiro atoms. The summed E-state index contributed by atoms with van der Waals surface area (Å²) in [4.78, 5) is 32.5. The normalized spacial score (nSPS) is 23.3. The van der Waals surface area contributed by atoms with Gasteiger partial charge in [-0.1, -0.05) is 13.0 Å². The lowest BCUT2D eigenvalue weighted by Gasteiger charge is -2.36. The maximum absolute atomic E-state index is 14.8. The molecule has 2 amide bonds. The Morgan fingerprint density at radius 3 is 2.53 bits per heavy atom. The lowest BCUT2D eigenvalue weighted by atomic mass is 9.90. The minimum Gasteiger partial charge on any atom is -0.381 e. The van der Waals surface area contributed by atoms with Gasteiger partial charge >= 0.3 is 6.18 Å². The molecule has 3 aliphatic rings. The van der Waals surface area contributed by atoms with Crippen molar-refractivity contribution >= 4 is 11.8 Å². The van der Waals surface area contributed by atoms with Crippen molar-refractivity contribution in [3.05, 3.63) is 64.7 Å². The average Bonchev–Trinajstić information content (AvgIpc) is 3.58. The first kappa shape index (κ1) is 24.7. The molecule has 10 heteroatoms. The van der Waals surface area contributed by atoms with Crippen LogP contribution in [0, 0.1) is 17.7 Å². The number of pyridine rings is 1. The van der Waals surface area contributed by atoms with Gasteiger partial charge in [0.1, 0.15) is 17.6 Å². The topological polar surface area (TPSA) is 71.5 Å². The highest BCUT2D eigenvalue weighted by Crippen LogP contribution is 2.40. The Morgan fingerprint density at radius 2 is 1.92 bits per heavy atom. The van der Waals surface area contributed by atoms with Crippen LogP contribution in [0.1, 0.15) is 65.3 Å². The maximum atomic E-state index is 14.8. The molecular weight excluding hydrogens is 478 g/mol. The molecule has 0 radical (unpaired) electrons. The van der Waals surface area contributed by atoms with Crippen LogP contribution >= 0.6 is 0 Å². The molecule has 1 N–H and O–H groups in total. The van der Waals surface area contributed by atoms with Crippen molar-refractivity contribution in [3.63, 3.8) is 0 Å². The molecule has 36 heavy (non-hydrogen) atoms. The van der Waals surface area contributed by atoms with Gasteiger partial charge in [-0.25, -0.2) is 4.39 Å². The Bertz CT molecular complexity index is 1160. The van der Waals surface area contributed by atoms with Crippen molar-refractivity contribution in [1.82, 2.24) is 15.2 Å². The van der Waals surface area contributed by atoms with Gasteiger partial charge in [-0.2, -0.15) is 13.2 Å². The summed E-state index contributed by atoms with van der Waals surface area (Å²) in [6.07, 6.45) is -0.492. The fourth-order valence-corrected chi connectivity index (χ4v) is 5.00. The molecule has 3 atom stereocenters. The number of carbonyl (C=O) groups excluding carboxylic acids is 2. The molecule has 3 heterocycles. The van der Waals surface area contributed by atoms with Gasteiger partial charge in [0.25, 0.3) is 5.91 Å². The number of likely N-dealkylation sites (tertiary alicyclic amines) is 1. The second-order valence-corrected chi connectivity index (χ2v) is 10.1. The number of hydrogen-bond acceptors (Lipinski definition) is 4. The number of hydrogen-bond donors (Lipinski definition) is 1. The van der Waals surface area contributed by atoms with Crippen LogP contribution < -0.4 is 5.32 Å². The summed E-state index contributed by atoms with van der Waals surface area (Å²) in [6.45, 7) is 2.80. The van der Waals surface area contributed by atoms with E-state index >= 15 is 0 Å².